The highest BCUT2D eigenvalue weighted by Gasteiger charge is 2.17. The van der Waals surface area contributed by atoms with Gasteiger partial charge in [-0.3, -0.25) is 0 Å². The zero-order chi connectivity index (χ0) is 11.8. The second kappa shape index (κ2) is 4.08. The molecule has 2 aromatic rings. The van der Waals surface area contributed by atoms with Crippen LogP contribution in [0.2, 0.25) is 0 Å². The topological polar surface area (TPSA) is 37.2 Å². The molecule has 1 aromatic carbocycles. The molecule has 3 rings (SSSR count). The van der Waals surface area contributed by atoms with E-state index in [-0.39, 0.29) is 0 Å². The van der Waals surface area contributed by atoms with Crippen LogP contribution in [0.25, 0.3) is 10.9 Å². The number of hydrogen-bond acceptors (Lipinski definition) is 2. The summed E-state index contributed by atoms with van der Waals surface area (Å²) < 4.78 is 2.15. The van der Waals surface area contributed by atoms with Gasteiger partial charge >= 0.3 is 0 Å². The van der Waals surface area contributed by atoms with Gasteiger partial charge in [0.15, 0.2) is 0 Å². The monoisotopic (exact) mass is 230 g/mol. The molecule has 0 atom stereocenters. The van der Waals surface area contributed by atoms with Crippen LogP contribution >= 0.6 is 0 Å². The van der Waals surface area contributed by atoms with Gasteiger partial charge in [-0.2, -0.15) is 0 Å². The maximum Gasteiger partial charge on any atom is 0.124 e. The molecule has 1 fully saturated rings. The lowest BCUT2D eigenvalue weighted by atomic mass is 9.93. The summed E-state index contributed by atoms with van der Waals surface area (Å²) in [5, 5.41) is 14.3. The lowest BCUT2D eigenvalue weighted by Gasteiger charge is -2.26. The number of aromatic nitrogens is 1. The van der Waals surface area contributed by atoms with Crippen molar-refractivity contribution in [2.45, 2.75) is 31.8 Å². The highest BCUT2D eigenvalue weighted by Crippen LogP contribution is 2.27. The minimum absolute atomic E-state index is 0.369. The summed E-state index contributed by atoms with van der Waals surface area (Å²) in [6.45, 7) is 0.884. The molecular formula is C14H18N2O. The van der Waals surface area contributed by atoms with Crippen LogP contribution in [0.15, 0.2) is 24.3 Å². The van der Waals surface area contributed by atoms with Gasteiger partial charge in [0.1, 0.15) is 5.75 Å². The van der Waals surface area contributed by atoms with Crippen LogP contribution in [-0.4, -0.2) is 15.7 Å². The summed E-state index contributed by atoms with van der Waals surface area (Å²) >= 11 is 0. The molecule has 1 aromatic heterocycles. The largest absolute Gasteiger partial charge is 0.507 e. The molecule has 0 radical (unpaired) electrons. The Bertz CT molecular complexity index is 540. The number of nitrogens with one attached hydrogen (secondary N) is 1. The van der Waals surface area contributed by atoms with E-state index in [1.54, 1.807) is 6.07 Å². The molecule has 1 aliphatic carbocycles. The molecule has 3 nitrogen and oxygen atoms in total. The van der Waals surface area contributed by atoms with Gasteiger partial charge in [0, 0.05) is 30.7 Å². The fraction of sp³-hybridized carbons (Fsp3) is 0.429. The lowest BCUT2D eigenvalue weighted by molar-refractivity contribution is 0.336. The molecule has 0 spiro atoms. The molecule has 2 N–H and O–H groups in total. The number of nitrogens with zero attached hydrogens (tertiary/aromatic N) is 1. The number of rotatable bonds is 3. The molecule has 17 heavy (non-hydrogen) atoms. The smallest absolute Gasteiger partial charge is 0.124 e. The van der Waals surface area contributed by atoms with Crippen LogP contribution in [0.5, 0.6) is 5.75 Å². The van der Waals surface area contributed by atoms with Crippen LogP contribution in [0, 0.1) is 0 Å². The molecule has 0 saturated heterocycles. The highest BCUT2D eigenvalue weighted by molar-refractivity contribution is 5.87. The van der Waals surface area contributed by atoms with E-state index < -0.39 is 0 Å². The van der Waals surface area contributed by atoms with Crippen LogP contribution in [-0.2, 0) is 13.6 Å². The van der Waals surface area contributed by atoms with Crippen LogP contribution in [0.1, 0.15) is 25.0 Å². The van der Waals surface area contributed by atoms with Gasteiger partial charge in [-0.1, -0.05) is 12.5 Å². The van der Waals surface area contributed by atoms with E-state index in [2.05, 4.69) is 23.0 Å². The van der Waals surface area contributed by atoms with Gasteiger partial charge in [-0.25, -0.2) is 0 Å². The Balaban J connectivity index is 1.88. The zero-order valence-corrected chi connectivity index (χ0v) is 10.1. The Morgan fingerprint density at radius 3 is 2.88 bits per heavy atom. The van der Waals surface area contributed by atoms with Crippen molar-refractivity contribution >= 4 is 10.9 Å². The molecule has 1 heterocycles. The summed E-state index contributed by atoms with van der Waals surface area (Å²) in [5.74, 6) is 0.369. The fourth-order valence-electron chi connectivity index (χ4n) is 2.43. The van der Waals surface area contributed by atoms with E-state index in [1.165, 1.54) is 25.0 Å². The van der Waals surface area contributed by atoms with Crippen LogP contribution < -0.4 is 5.32 Å². The Hall–Kier alpha value is -1.48. The normalized spacial score (nSPS) is 16.3. The Morgan fingerprint density at radius 2 is 2.24 bits per heavy atom. The maximum atomic E-state index is 9.81. The first-order valence-electron chi connectivity index (χ1n) is 6.25. The second-order valence-corrected chi connectivity index (χ2v) is 4.91. The molecule has 0 bridgehead atoms. The maximum absolute atomic E-state index is 9.81. The van der Waals surface area contributed by atoms with Gasteiger partial charge in [0.25, 0.3) is 0 Å². The minimum Gasteiger partial charge on any atom is -0.507 e. The summed E-state index contributed by atoms with van der Waals surface area (Å²) in [4.78, 5) is 0. The average molecular weight is 230 g/mol. The van der Waals surface area contributed by atoms with E-state index in [1.807, 2.05) is 12.1 Å². The molecule has 1 saturated carbocycles. The summed E-state index contributed by atoms with van der Waals surface area (Å²) in [6.07, 6.45) is 3.96. The predicted octanol–water partition coefficient (Wildman–Crippen LogP) is 2.53. The fourth-order valence-corrected chi connectivity index (χ4v) is 2.43. The molecule has 0 unspecified atom stereocenters. The van der Waals surface area contributed by atoms with Gasteiger partial charge in [-0.05, 0) is 31.0 Å². The third-order valence-corrected chi connectivity index (χ3v) is 3.84. The van der Waals surface area contributed by atoms with Crippen LogP contribution in [0.3, 0.4) is 0 Å². The van der Waals surface area contributed by atoms with Gasteiger partial charge in [0.2, 0.25) is 0 Å². The predicted molar refractivity (Wildman–Crippen MR) is 69.1 cm³/mol. The molecule has 0 aliphatic heterocycles. The first kappa shape index (κ1) is 10.7. The van der Waals surface area contributed by atoms with E-state index in [9.17, 15) is 5.11 Å². The third-order valence-electron chi connectivity index (χ3n) is 3.84. The van der Waals surface area contributed by atoms with E-state index in [0.29, 0.717) is 11.8 Å². The summed E-state index contributed by atoms with van der Waals surface area (Å²) in [7, 11) is 2.06. The second-order valence-electron chi connectivity index (χ2n) is 4.91. The molecular weight excluding hydrogens is 212 g/mol. The Kier molecular flexibility index (Phi) is 2.56. The van der Waals surface area contributed by atoms with E-state index in [0.717, 1.165) is 17.4 Å². The third kappa shape index (κ3) is 1.80. The van der Waals surface area contributed by atoms with Crippen molar-refractivity contribution in [3.8, 4) is 5.75 Å². The van der Waals surface area contributed by atoms with Crippen molar-refractivity contribution < 1.29 is 5.11 Å². The Morgan fingerprint density at radius 1 is 1.41 bits per heavy atom. The lowest BCUT2D eigenvalue weighted by Crippen LogP contribution is -2.34. The molecule has 90 valence electrons. The highest BCUT2D eigenvalue weighted by atomic mass is 16.3. The number of aryl methyl sites for hydroxylation is 1. The zero-order valence-electron chi connectivity index (χ0n) is 10.1. The van der Waals surface area contributed by atoms with Gasteiger partial charge in [0.05, 0.1) is 5.52 Å². The molecule has 1 aliphatic rings. The van der Waals surface area contributed by atoms with Crippen molar-refractivity contribution in [3.05, 3.63) is 30.0 Å². The number of hydrogen-bond donors (Lipinski definition) is 2. The van der Waals surface area contributed by atoms with Crippen LogP contribution in [0.4, 0.5) is 0 Å². The summed E-state index contributed by atoms with van der Waals surface area (Å²) in [6, 6.07) is 8.45. The van der Waals surface area contributed by atoms with Crippen molar-refractivity contribution in [2.24, 2.45) is 7.05 Å². The van der Waals surface area contributed by atoms with E-state index >= 15 is 0 Å². The Labute approximate surface area is 101 Å². The summed E-state index contributed by atoms with van der Waals surface area (Å²) in [5.41, 5.74) is 2.32. The van der Waals surface area contributed by atoms with Crippen molar-refractivity contribution in [2.75, 3.05) is 0 Å². The SMILES string of the molecule is Cn1c(CNC2CCC2)cc2c(O)cccc21. The molecule has 0 amide bonds. The van der Waals surface area contributed by atoms with Gasteiger partial charge in [-0.15, -0.1) is 0 Å². The first-order chi connectivity index (χ1) is 8.25. The molecule has 3 heteroatoms. The van der Waals surface area contributed by atoms with E-state index in [4.69, 9.17) is 0 Å². The first-order valence-corrected chi connectivity index (χ1v) is 6.25. The minimum atomic E-state index is 0.369. The quantitative estimate of drug-likeness (QED) is 0.850. The number of aromatic hydroxyl groups is 1. The average Bonchev–Trinajstić information content (AvgIpc) is 2.57. The van der Waals surface area contributed by atoms with Crippen molar-refractivity contribution in [3.63, 3.8) is 0 Å². The number of fused-ring (bicyclic) bond motifs is 1. The van der Waals surface area contributed by atoms with Crippen molar-refractivity contribution in [1.29, 1.82) is 0 Å². The number of benzene rings is 1. The standard InChI is InChI=1S/C14H18N2O/c1-16-11(9-15-10-4-2-5-10)8-12-13(16)6-3-7-14(12)17/h3,6-8,10,15,17H,2,4-5,9H2,1H3. The number of phenolic OH excluding ortho intramolecular Hbond substituents is 1. The number of phenols is 1. The van der Waals surface area contributed by atoms with Gasteiger partial charge < -0.3 is 15.0 Å². The van der Waals surface area contributed by atoms with Crippen molar-refractivity contribution in [1.82, 2.24) is 9.88 Å².